The van der Waals surface area contributed by atoms with Crippen LogP contribution >= 0.6 is 15.9 Å². The van der Waals surface area contributed by atoms with Crippen LogP contribution in [0.2, 0.25) is 0 Å². The molecule has 0 bridgehead atoms. The van der Waals surface area contributed by atoms with E-state index in [1.54, 1.807) is 24.3 Å². The predicted octanol–water partition coefficient (Wildman–Crippen LogP) is 5.64. The molecule has 0 spiro atoms. The Morgan fingerprint density at radius 3 is 2.60 bits per heavy atom. The van der Waals surface area contributed by atoms with Gasteiger partial charge in [-0.25, -0.2) is 13.8 Å². The van der Waals surface area contributed by atoms with Gasteiger partial charge in [0.25, 0.3) is 0 Å². The molecule has 0 saturated carbocycles. The van der Waals surface area contributed by atoms with Gasteiger partial charge in [0.15, 0.2) is 6.17 Å². The second-order valence-corrected chi connectivity index (χ2v) is 6.18. The van der Waals surface area contributed by atoms with Gasteiger partial charge < -0.3 is 9.30 Å². The Kier molecular flexibility index (Phi) is 5.27. The molecule has 1 aliphatic rings. The van der Waals surface area contributed by atoms with E-state index in [1.807, 2.05) is 4.57 Å². The molecule has 3 nitrogen and oxygen atoms in total. The lowest BCUT2D eigenvalue weighted by molar-refractivity contribution is -0.0498. The standard InChI is InChI=1S/C10H7BrF2N2.C7H6F2O/c11-5-3-9-8(4-7(5)13)14-10-6(12)1-2-15(9)10;8-7(9)10-6-4-2-1-3-5-6/h3-4,6H,1-2H2;1-5,7H. The van der Waals surface area contributed by atoms with Crippen LogP contribution in [-0.4, -0.2) is 16.2 Å². The number of benzene rings is 2. The molecule has 0 radical (unpaired) electrons. The minimum atomic E-state index is -2.73. The van der Waals surface area contributed by atoms with Crippen molar-refractivity contribution in [1.29, 1.82) is 0 Å². The summed E-state index contributed by atoms with van der Waals surface area (Å²) >= 11 is 3.11. The fraction of sp³-hybridized carbons (Fsp3) is 0.235. The van der Waals surface area contributed by atoms with Crippen molar-refractivity contribution < 1.29 is 22.3 Å². The monoisotopic (exact) mass is 416 g/mol. The van der Waals surface area contributed by atoms with Gasteiger partial charge in [0, 0.05) is 19.0 Å². The molecule has 1 aliphatic heterocycles. The van der Waals surface area contributed by atoms with Crippen molar-refractivity contribution in [1.82, 2.24) is 9.55 Å². The third kappa shape index (κ3) is 3.95. The number of fused-ring (bicyclic) bond motifs is 3. The highest BCUT2D eigenvalue weighted by atomic mass is 79.9. The number of nitrogens with zero attached hydrogens (tertiary/aromatic N) is 2. The molecule has 1 atom stereocenters. The third-order valence-electron chi connectivity index (χ3n) is 3.67. The first-order chi connectivity index (χ1) is 12.0. The molecule has 0 aliphatic carbocycles. The average molecular weight is 417 g/mol. The molecule has 132 valence electrons. The minimum absolute atomic E-state index is 0.192. The summed E-state index contributed by atoms with van der Waals surface area (Å²) in [6, 6.07) is 10.9. The molecule has 2 aromatic carbocycles. The highest BCUT2D eigenvalue weighted by molar-refractivity contribution is 9.10. The fourth-order valence-electron chi connectivity index (χ4n) is 2.59. The van der Waals surface area contributed by atoms with Gasteiger partial charge >= 0.3 is 6.61 Å². The number of imidazole rings is 1. The van der Waals surface area contributed by atoms with Gasteiger partial charge in [0.1, 0.15) is 17.4 Å². The smallest absolute Gasteiger partial charge is 0.387 e. The van der Waals surface area contributed by atoms with Crippen molar-refractivity contribution in [2.75, 3.05) is 0 Å². The average Bonchev–Trinajstić information content (AvgIpc) is 3.09. The van der Waals surface area contributed by atoms with Crippen LogP contribution in [0.4, 0.5) is 17.6 Å². The SMILES string of the molecule is FC(F)Oc1ccccc1.Fc1cc2nc3n(c2cc1Br)CCC3F. The number of ether oxygens (including phenoxy) is 1. The van der Waals surface area contributed by atoms with E-state index in [4.69, 9.17) is 0 Å². The van der Waals surface area contributed by atoms with Crippen molar-refractivity contribution in [3.05, 3.63) is 58.6 Å². The fourth-order valence-corrected chi connectivity index (χ4v) is 2.92. The van der Waals surface area contributed by atoms with Crippen molar-refractivity contribution in [2.45, 2.75) is 25.7 Å². The summed E-state index contributed by atoms with van der Waals surface area (Å²) in [6.45, 7) is -2.12. The number of rotatable bonds is 2. The summed E-state index contributed by atoms with van der Waals surface area (Å²) in [5.41, 5.74) is 1.31. The lowest BCUT2D eigenvalue weighted by atomic mass is 10.3. The van der Waals surface area contributed by atoms with Crippen LogP contribution in [0.1, 0.15) is 18.4 Å². The molecule has 25 heavy (non-hydrogen) atoms. The van der Waals surface area contributed by atoms with Crippen molar-refractivity contribution in [3.8, 4) is 5.75 Å². The number of aryl methyl sites for hydroxylation is 1. The molecule has 0 fully saturated rings. The zero-order valence-corrected chi connectivity index (χ0v) is 14.4. The maximum Gasteiger partial charge on any atom is 0.387 e. The first-order valence-electron chi connectivity index (χ1n) is 7.45. The Morgan fingerprint density at radius 2 is 1.92 bits per heavy atom. The van der Waals surface area contributed by atoms with Crippen molar-refractivity contribution >= 4 is 27.0 Å². The van der Waals surface area contributed by atoms with E-state index in [0.29, 0.717) is 28.8 Å². The summed E-state index contributed by atoms with van der Waals surface area (Å²) in [6.07, 6.45) is -0.549. The first kappa shape index (κ1) is 17.7. The maximum atomic E-state index is 13.4. The first-order valence-corrected chi connectivity index (χ1v) is 8.24. The summed E-state index contributed by atoms with van der Waals surface area (Å²) in [4.78, 5) is 4.10. The minimum Gasteiger partial charge on any atom is -0.435 e. The second kappa shape index (κ2) is 7.43. The third-order valence-corrected chi connectivity index (χ3v) is 4.28. The van der Waals surface area contributed by atoms with Gasteiger partial charge in [-0.3, -0.25) is 0 Å². The van der Waals surface area contributed by atoms with Crippen LogP contribution in [0.25, 0.3) is 11.0 Å². The van der Waals surface area contributed by atoms with Gasteiger partial charge in [0.2, 0.25) is 0 Å². The van der Waals surface area contributed by atoms with Gasteiger partial charge in [0.05, 0.1) is 15.5 Å². The lowest BCUT2D eigenvalue weighted by Crippen LogP contribution is -2.00. The van der Waals surface area contributed by atoms with Gasteiger partial charge in [-0.1, -0.05) is 18.2 Å². The van der Waals surface area contributed by atoms with Gasteiger partial charge in [-0.15, -0.1) is 0 Å². The summed E-state index contributed by atoms with van der Waals surface area (Å²) in [5, 5.41) is 0. The van der Waals surface area contributed by atoms with E-state index in [1.165, 1.54) is 18.2 Å². The topological polar surface area (TPSA) is 27.1 Å². The molecule has 1 aromatic heterocycles. The number of alkyl halides is 3. The summed E-state index contributed by atoms with van der Waals surface area (Å²) in [5.74, 6) is 0.245. The number of hydrogen-bond acceptors (Lipinski definition) is 2. The highest BCUT2D eigenvalue weighted by Gasteiger charge is 2.26. The van der Waals surface area contributed by atoms with Crippen molar-refractivity contribution in [3.63, 3.8) is 0 Å². The summed E-state index contributed by atoms with van der Waals surface area (Å²) in [7, 11) is 0. The quantitative estimate of drug-likeness (QED) is 0.505. The van der Waals surface area contributed by atoms with E-state index in [2.05, 4.69) is 25.7 Å². The molecule has 2 heterocycles. The Labute approximate surface area is 149 Å². The normalized spacial score (nSPS) is 15.8. The number of halogens is 5. The Hall–Kier alpha value is -2.09. The zero-order valence-electron chi connectivity index (χ0n) is 12.8. The Bertz CT molecular complexity index is 870. The molecule has 8 heteroatoms. The molecule has 0 N–H and O–H groups in total. The molecular formula is C17H13BrF4N2O. The molecule has 0 amide bonds. The molecule has 1 unspecified atom stereocenters. The summed E-state index contributed by atoms with van der Waals surface area (Å²) < 4.78 is 55.9. The second-order valence-electron chi connectivity index (χ2n) is 5.32. The molecule has 0 saturated heterocycles. The highest BCUT2D eigenvalue weighted by Crippen LogP contribution is 2.33. The van der Waals surface area contributed by atoms with E-state index >= 15 is 0 Å². The van der Waals surface area contributed by atoms with Crippen LogP contribution in [-0.2, 0) is 6.54 Å². The number of hydrogen-bond donors (Lipinski definition) is 0. The van der Waals surface area contributed by atoms with Crippen LogP contribution in [0.3, 0.4) is 0 Å². The maximum absolute atomic E-state index is 13.4. The lowest BCUT2D eigenvalue weighted by Gasteiger charge is -2.01. The Morgan fingerprint density at radius 1 is 1.20 bits per heavy atom. The van der Waals surface area contributed by atoms with Gasteiger partial charge in [-0.2, -0.15) is 8.78 Å². The number of para-hydroxylation sites is 1. The van der Waals surface area contributed by atoms with Gasteiger partial charge in [-0.05, 0) is 34.1 Å². The molecular weight excluding hydrogens is 404 g/mol. The van der Waals surface area contributed by atoms with E-state index in [-0.39, 0.29) is 11.6 Å². The van der Waals surface area contributed by atoms with Crippen LogP contribution in [0.15, 0.2) is 46.9 Å². The largest absolute Gasteiger partial charge is 0.435 e. The van der Waals surface area contributed by atoms with Crippen molar-refractivity contribution in [2.24, 2.45) is 0 Å². The zero-order chi connectivity index (χ0) is 18.0. The van der Waals surface area contributed by atoms with E-state index < -0.39 is 12.8 Å². The number of aromatic nitrogens is 2. The van der Waals surface area contributed by atoms with Crippen LogP contribution < -0.4 is 4.74 Å². The van der Waals surface area contributed by atoms with Crippen LogP contribution in [0, 0.1) is 5.82 Å². The van der Waals surface area contributed by atoms with E-state index in [0.717, 1.165) is 5.52 Å². The predicted molar refractivity (Wildman–Crippen MR) is 88.9 cm³/mol. The molecule has 4 rings (SSSR count). The molecule has 3 aromatic rings. The van der Waals surface area contributed by atoms with E-state index in [9.17, 15) is 17.6 Å². The Balaban J connectivity index is 0.000000160. The van der Waals surface area contributed by atoms with Crippen LogP contribution in [0.5, 0.6) is 5.75 Å².